The Balaban J connectivity index is 0.000000223. The fourth-order valence-corrected chi connectivity index (χ4v) is 5.31. The zero-order valence-electron chi connectivity index (χ0n) is 27.8. The van der Waals surface area contributed by atoms with Gasteiger partial charge in [0.25, 0.3) is 5.92 Å². The van der Waals surface area contributed by atoms with Gasteiger partial charge in [0.2, 0.25) is 0 Å². The summed E-state index contributed by atoms with van der Waals surface area (Å²) in [6.07, 6.45) is 1.35. The normalized spacial score (nSPS) is 14.2. The van der Waals surface area contributed by atoms with Crippen LogP contribution in [0.25, 0.3) is 28.3 Å². The lowest BCUT2D eigenvalue weighted by Gasteiger charge is -2.17. The summed E-state index contributed by atoms with van der Waals surface area (Å²) in [5.74, 6) is -4.72. The van der Waals surface area contributed by atoms with Gasteiger partial charge in [-0.25, -0.2) is 27.2 Å². The largest absolute Gasteiger partial charge is 0.493 e. The molecular weight excluding hydrogens is 640 g/mol. The second kappa shape index (κ2) is 16.3. The van der Waals surface area contributed by atoms with Crippen molar-refractivity contribution in [2.24, 2.45) is 0 Å². The molecule has 1 saturated carbocycles. The Bertz CT molecular complexity index is 1790. The molecule has 0 spiro atoms. The maximum Gasteiger partial charge on any atom is 0.338 e. The number of carbonyl (C=O) groups is 2. The first-order valence-electron chi connectivity index (χ1n) is 16.0. The zero-order valence-corrected chi connectivity index (χ0v) is 27.8. The van der Waals surface area contributed by atoms with Crippen LogP contribution in [0.1, 0.15) is 71.9 Å². The molecule has 0 heterocycles. The van der Waals surface area contributed by atoms with Gasteiger partial charge in [-0.15, -0.1) is 0 Å². The standard InChI is InChI=1S/C20H19F3O3.C19H19FO3/c1-3-25-17-10-13(19(24)26-4-2)9-15(16-11-20(16,22)23)18(17)12-5-7-14(21)8-6-12;1-4-13-11-15(19(21)23-6-3)12-17(22-5-2)18(13)14-7-9-16(20)10-8-14/h5-10,16H,3-4,11H2,1-2H3;4,7-12H,1,5-6H2,2-3H3. The second-order valence-corrected chi connectivity index (χ2v) is 10.9. The summed E-state index contributed by atoms with van der Waals surface area (Å²) in [7, 11) is 0. The highest BCUT2D eigenvalue weighted by atomic mass is 19.3. The summed E-state index contributed by atoms with van der Waals surface area (Å²) in [6, 6.07) is 17.9. The highest BCUT2D eigenvalue weighted by Crippen LogP contribution is 2.59. The van der Waals surface area contributed by atoms with E-state index in [4.69, 9.17) is 18.9 Å². The van der Waals surface area contributed by atoms with E-state index in [-0.39, 0.29) is 24.4 Å². The number of ether oxygens (including phenoxy) is 4. The molecule has 1 unspecified atom stereocenters. The van der Waals surface area contributed by atoms with E-state index in [0.29, 0.717) is 53.6 Å². The molecule has 0 N–H and O–H groups in total. The van der Waals surface area contributed by atoms with Crippen molar-refractivity contribution in [3.05, 3.63) is 113 Å². The molecule has 0 aromatic heterocycles. The molecule has 1 atom stereocenters. The van der Waals surface area contributed by atoms with Gasteiger partial charge in [0, 0.05) is 17.5 Å². The van der Waals surface area contributed by atoms with Gasteiger partial charge in [-0.3, -0.25) is 0 Å². The number of benzene rings is 4. The van der Waals surface area contributed by atoms with E-state index in [9.17, 15) is 27.2 Å². The van der Waals surface area contributed by atoms with Crippen LogP contribution in [0.3, 0.4) is 0 Å². The number of hydrogen-bond acceptors (Lipinski definition) is 6. The molecule has 4 aromatic carbocycles. The molecule has 5 rings (SSSR count). The van der Waals surface area contributed by atoms with Gasteiger partial charge >= 0.3 is 11.9 Å². The van der Waals surface area contributed by atoms with Crippen LogP contribution in [0, 0.1) is 11.6 Å². The van der Waals surface area contributed by atoms with Crippen LogP contribution >= 0.6 is 0 Å². The third-order valence-electron chi connectivity index (χ3n) is 7.57. The number of hydrogen-bond donors (Lipinski definition) is 0. The summed E-state index contributed by atoms with van der Waals surface area (Å²) in [6.45, 7) is 12.1. The fraction of sp³-hybridized carbons (Fsp3) is 0.282. The highest BCUT2D eigenvalue weighted by molar-refractivity contribution is 5.94. The lowest BCUT2D eigenvalue weighted by molar-refractivity contribution is 0.0516. The first-order valence-corrected chi connectivity index (χ1v) is 16.0. The van der Waals surface area contributed by atoms with E-state index in [1.54, 1.807) is 51.1 Å². The van der Waals surface area contributed by atoms with Crippen LogP contribution in [-0.2, 0) is 9.47 Å². The Morgan fingerprint density at radius 3 is 1.55 bits per heavy atom. The van der Waals surface area contributed by atoms with Crippen molar-refractivity contribution in [3.8, 4) is 33.8 Å². The third-order valence-corrected chi connectivity index (χ3v) is 7.57. The van der Waals surface area contributed by atoms with Crippen molar-refractivity contribution in [3.63, 3.8) is 0 Å². The minimum atomic E-state index is -2.83. The molecule has 1 aliphatic carbocycles. The van der Waals surface area contributed by atoms with Gasteiger partial charge in [-0.05, 0) is 98.5 Å². The zero-order chi connectivity index (χ0) is 35.7. The number of carbonyl (C=O) groups excluding carboxylic acids is 2. The SMILES string of the molecule is C=Cc1cc(C(=O)OCC)cc(OCC)c1-c1ccc(F)cc1.CCOC(=O)c1cc(OCC)c(-c2ccc(F)cc2)c(C2CC2(F)F)c1. The Hall–Kier alpha value is -5.12. The average molecular weight is 679 g/mol. The van der Waals surface area contributed by atoms with Crippen molar-refractivity contribution in [2.45, 2.75) is 46.0 Å². The van der Waals surface area contributed by atoms with Gasteiger partial charge in [-0.2, -0.15) is 0 Å². The predicted molar refractivity (Wildman–Crippen MR) is 180 cm³/mol. The van der Waals surface area contributed by atoms with Crippen molar-refractivity contribution in [2.75, 3.05) is 26.4 Å². The van der Waals surface area contributed by atoms with E-state index in [1.807, 2.05) is 6.92 Å². The van der Waals surface area contributed by atoms with Crippen molar-refractivity contribution in [1.29, 1.82) is 0 Å². The van der Waals surface area contributed by atoms with Gasteiger partial charge in [0.15, 0.2) is 0 Å². The maximum absolute atomic E-state index is 13.8. The summed E-state index contributed by atoms with van der Waals surface area (Å²) in [5.41, 5.74) is 4.19. The first kappa shape index (κ1) is 36.7. The third kappa shape index (κ3) is 8.87. The molecule has 258 valence electrons. The Morgan fingerprint density at radius 1 is 0.714 bits per heavy atom. The minimum Gasteiger partial charge on any atom is -0.493 e. The van der Waals surface area contributed by atoms with E-state index in [1.165, 1.54) is 48.5 Å². The van der Waals surface area contributed by atoms with Gasteiger partial charge < -0.3 is 18.9 Å². The minimum absolute atomic E-state index is 0.166. The topological polar surface area (TPSA) is 71.1 Å². The number of alkyl halides is 2. The Labute approximate surface area is 283 Å². The average Bonchev–Trinajstić information content (AvgIpc) is 3.73. The highest BCUT2D eigenvalue weighted by Gasteiger charge is 2.58. The summed E-state index contributed by atoms with van der Waals surface area (Å²) in [5, 5.41) is 0. The molecule has 49 heavy (non-hydrogen) atoms. The maximum atomic E-state index is 13.8. The molecule has 0 bridgehead atoms. The van der Waals surface area contributed by atoms with Crippen molar-refractivity contribution < 1.29 is 46.1 Å². The molecule has 1 aliphatic rings. The number of halogens is 4. The van der Waals surface area contributed by atoms with Gasteiger partial charge in [0.05, 0.1) is 43.5 Å². The van der Waals surface area contributed by atoms with E-state index < -0.39 is 29.6 Å². The molecule has 0 saturated heterocycles. The van der Waals surface area contributed by atoms with Crippen LogP contribution < -0.4 is 9.47 Å². The van der Waals surface area contributed by atoms with Crippen LogP contribution in [0.4, 0.5) is 17.6 Å². The van der Waals surface area contributed by atoms with Gasteiger partial charge in [-0.1, -0.05) is 36.9 Å². The summed E-state index contributed by atoms with van der Waals surface area (Å²) >= 11 is 0. The molecule has 0 amide bonds. The van der Waals surface area contributed by atoms with Gasteiger partial charge in [0.1, 0.15) is 23.1 Å². The summed E-state index contributed by atoms with van der Waals surface area (Å²) < 4.78 is 75.5. The quantitative estimate of drug-likeness (QED) is 0.110. The Morgan fingerprint density at radius 2 is 1.14 bits per heavy atom. The summed E-state index contributed by atoms with van der Waals surface area (Å²) in [4.78, 5) is 24.1. The Kier molecular flexibility index (Phi) is 12.2. The number of rotatable bonds is 12. The van der Waals surface area contributed by atoms with Crippen LogP contribution in [0.2, 0.25) is 0 Å². The number of esters is 2. The van der Waals surface area contributed by atoms with Crippen LogP contribution in [0.15, 0.2) is 79.4 Å². The smallest absolute Gasteiger partial charge is 0.338 e. The van der Waals surface area contributed by atoms with Crippen LogP contribution in [-0.4, -0.2) is 44.3 Å². The van der Waals surface area contributed by atoms with Crippen molar-refractivity contribution >= 4 is 18.0 Å². The molecular formula is C39H38F4O6. The monoisotopic (exact) mass is 678 g/mol. The molecule has 10 heteroatoms. The van der Waals surface area contributed by atoms with Crippen LogP contribution in [0.5, 0.6) is 11.5 Å². The molecule has 0 aliphatic heterocycles. The first-order chi connectivity index (χ1) is 23.5. The van der Waals surface area contributed by atoms with E-state index in [2.05, 4.69) is 6.58 Å². The molecule has 0 radical (unpaired) electrons. The van der Waals surface area contributed by atoms with E-state index in [0.717, 1.165) is 16.7 Å². The lowest BCUT2D eigenvalue weighted by atomic mass is 9.93. The predicted octanol–water partition coefficient (Wildman–Crippen LogP) is 9.90. The second-order valence-electron chi connectivity index (χ2n) is 10.9. The molecule has 1 fully saturated rings. The van der Waals surface area contributed by atoms with Crippen molar-refractivity contribution in [1.82, 2.24) is 0 Å². The van der Waals surface area contributed by atoms with E-state index >= 15 is 0 Å². The lowest BCUT2D eigenvalue weighted by Crippen LogP contribution is -2.08. The fourth-order valence-electron chi connectivity index (χ4n) is 5.31. The molecule has 4 aromatic rings. The molecule has 6 nitrogen and oxygen atoms in total.